The minimum absolute atomic E-state index is 0.0775. The molecule has 1 aliphatic heterocycles. The third-order valence-electron chi connectivity index (χ3n) is 4.50. The summed E-state index contributed by atoms with van der Waals surface area (Å²) < 4.78 is 24.5. The second kappa shape index (κ2) is 6.57. The van der Waals surface area contributed by atoms with Crippen LogP contribution >= 0.6 is 0 Å². The van der Waals surface area contributed by atoms with Gasteiger partial charge in [-0.05, 0) is 19.5 Å². The summed E-state index contributed by atoms with van der Waals surface area (Å²) in [5.74, 6) is -0.143. The lowest BCUT2D eigenvalue weighted by Crippen LogP contribution is -2.39. The van der Waals surface area contributed by atoms with Gasteiger partial charge in [0.25, 0.3) is 11.5 Å². The van der Waals surface area contributed by atoms with E-state index in [0.717, 1.165) is 0 Å². The highest BCUT2D eigenvalue weighted by Crippen LogP contribution is 2.17. The molecule has 0 unspecified atom stereocenters. The molecule has 2 heterocycles. The minimum atomic E-state index is -3.02. The molecule has 134 valence electrons. The van der Waals surface area contributed by atoms with Crippen molar-refractivity contribution in [2.45, 2.75) is 19.1 Å². The fourth-order valence-corrected chi connectivity index (χ4v) is 4.87. The van der Waals surface area contributed by atoms with E-state index in [1.54, 1.807) is 36.2 Å². The van der Waals surface area contributed by atoms with Crippen molar-refractivity contribution < 1.29 is 13.2 Å². The van der Waals surface area contributed by atoms with E-state index in [1.165, 1.54) is 11.7 Å². The van der Waals surface area contributed by atoms with E-state index in [4.69, 9.17) is 0 Å². The van der Waals surface area contributed by atoms with Gasteiger partial charge in [-0.2, -0.15) is 5.10 Å². The van der Waals surface area contributed by atoms with Crippen LogP contribution in [-0.4, -0.2) is 60.6 Å². The molecule has 2 aromatic rings. The highest BCUT2D eigenvalue weighted by atomic mass is 32.2. The number of hydrogen-bond acceptors (Lipinski definition) is 6. The van der Waals surface area contributed by atoms with Gasteiger partial charge in [0, 0.05) is 18.5 Å². The lowest BCUT2D eigenvalue weighted by molar-refractivity contribution is 0.0955. The number of sulfone groups is 1. The van der Waals surface area contributed by atoms with Gasteiger partial charge < -0.3 is 5.32 Å². The number of rotatable bonds is 4. The zero-order chi connectivity index (χ0) is 18.2. The SMILES string of the molecule is CNC(=O)c1nn(CN(C)[C@@H]2CCS(=O)(=O)C2)c(=O)c2ccccc12. The number of nitrogens with zero attached hydrogens (tertiary/aromatic N) is 3. The Morgan fingerprint density at radius 3 is 2.64 bits per heavy atom. The van der Waals surface area contributed by atoms with Gasteiger partial charge in [0.1, 0.15) is 0 Å². The van der Waals surface area contributed by atoms with Crippen LogP contribution in [0.4, 0.5) is 0 Å². The van der Waals surface area contributed by atoms with Crippen molar-refractivity contribution in [1.82, 2.24) is 20.0 Å². The summed E-state index contributed by atoms with van der Waals surface area (Å²) in [7, 11) is 0.245. The number of amides is 1. The maximum absolute atomic E-state index is 12.7. The summed E-state index contributed by atoms with van der Waals surface area (Å²) in [6.07, 6.45) is 0.531. The molecule has 1 fully saturated rings. The van der Waals surface area contributed by atoms with Crippen LogP contribution in [0.1, 0.15) is 16.9 Å². The third-order valence-corrected chi connectivity index (χ3v) is 6.25. The van der Waals surface area contributed by atoms with Crippen molar-refractivity contribution in [2.75, 3.05) is 25.6 Å². The summed E-state index contributed by atoms with van der Waals surface area (Å²) in [6, 6.07) is 6.66. The minimum Gasteiger partial charge on any atom is -0.354 e. The molecule has 9 heteroatoms. The number of carbonyl (C=O) groups is 1. The van der Waals surface area contributed by atoms with E-state index in [0.29, 0.717) is 17.2 Å². The van der Waals surface area contributed by atoms with Crippen LogP contribution in [-0.2, 0) is 16.5 Å². The van der Waals surface area contributed by atoms with E-state index in [9.17, 15) is 18.0 Å². The molecule has 1 aliphatic rings. The Hall–Kier alpha value is -2.26. The smallest absolute Gasteiger partial charge is 0.275 e. The zero-order valence-electron chi connectivity index (χ0n) is 14.1. The standard InChI is InChI=1S/C16H20N4O4S/c1-17-15(21)14-12-5-3-4-6-13(12)16(22)20(18-14)10-19(2)11-7-8-25(23,24)9-11/h3-6,11H,7-10H2,1-2H3,(H,17,21)/t11-/m1/s1. The first kappa shape index (κ1) is 17.6. The van der Waals surface area contributed by atoms with Crippen LogP contribution in [0.3, 0.4) is 0 Å². The van der Waals surface area contributed by atoms with Crippen LogP contribution < -0.4 is 10.9 Å². The number of aromatic nitrogens is 2. The number of hydrogen-bond donors (Lipinski definition) is 1. The Bertz CT molecular complexity index is 983. The van der Waals surface area contributed by atoms with Gasteiger partial charge in [-0.1, -0.05) is 18.2 Å². The Morgan fingerprint density at radius 1 is 1.36 bits per heavy atom. The summed E-state index contributed by atoms with van der Waals surface area (Å²) in [5.41, 5.74) is -0.138. The van der Waals surface area contributed by atoms with E-state index < -0.39 is 9.84 Å². The summed E-state index contributed by atoms with van der Waals surface area (Å²) >= 11 is 0. The molecule has 3 rings (SSSR count). The molecule has 1 aromatic carbocycles. The van der Waals surface area contributed by atoms with Crippen LogP contribution in [0.2, 0.25) is 0 Å². The molecule has 1 atom stereocenters. The molecule has 1 saturated heterocycles. The van der Waals surface area contributed by atoms with Gasteiger partial charge in [0.2, 0.25) is 0 Å². The highest BCUT2D eigenvalue weighted by Gasteiger charge is 2.31. The van der Waals surface area contributed by atoms with Gasteiger partial charge in [0.15, 0.2) is 15.5 Å². The van der Waals surface area contributed by atoms with Gasteiger partial charge in [-0.3, -0.25) is 14.5 Å². The molecule has 0 saturated carbocycles. The molecule has 0 radical (unpaired) electrons. The fourth-order valence-electron chi connectivity index (χ4n) is 3.07. The van der Waals surface area contributed by atoms with Gasteiger partial charge in [0.05, 0.1) is 23.6 Å². The lowest BCUT2D eigenvalue weighted by atomic mass is 10.1. The fraction of sp³-hybridized carbons (Fsp3) is 0.438. The van der Waals surface area contributed by atoms with Crippen LogP contribution in [0.25, 0.3) is 10.8 Å². The highest BCUT2D eigenvalue weighted by molar-refractivity contribution is 7.91. The van der Waals surface area contributed by atoms with E-state index >= 15 is 0 Å². The monoisotopic (exact) mass is 364 g/mol. The molecule has 1 N–H and O–H groups in total. The normalized spacial score (nSPS) is 19.4. The number of fused-ring (bicyclic) bond motifs is 1. The van der Waals surface area contributed by atoms with Crippen molar-refractivity contribution in [3.05, 3.63) is 40.3 Å². The molecular formula is C16H20N4O4S. The van der Waals surface area contributed by atoms with Gasteiger partial charge in [-0.15, -0.1) is 0 Å². The van der Waals surface area contributed by atoms with E-state index in [1.807, 2.05) is 0 Å². The molecule has 25 heavy (non-hydrogen) atoms. The van der Waals surface area contributed by atoms with Gasteiger partial charge >= 0.3 is 0 Å². The van der Waals surface area contributed by atoms with Crippen molar-refractivity contribution >= 4 is 26.5 Å². The van der Waals surface area contributed by atoms with Crippen LogP contribution in [0, 0.1) is 0 Å². The predicted octanol–water partition coefficient (Wildman–Crippen LogP) is -0.167. The Balaban J connectivity index is 2.00. The third kappa shape index (κ3) is 3.42. The zero-order valence-corrected chi connectivity index (χ0v) is 14.9. The first-order valence-electron chi connectivity index (χ1n) is 7.95. The second-order valence-electron chi connectivity index (χ2n) is 6.23. The van der Waals surface area contributed by atoms with Crippen molar-refractivity contribution in [2.24, 2.45) is 0 Å². The molecule has 1 aromatic heterocycles. The number of nitrogens with one attached hydrogen (secondary N) is 1. The molecule has 0 spiro atoms. The maximum Gasteiger partial charge on any atom is 0.275 e. The summed E-state index contributed by atoms with van der Waals surface area (Å²) in [5, 5.41) is 7.65. The van der Waals surface area contributed by atoms with Crippen LogP contribution in [0.15, 0.2) is 29.1 Å². The Labute approximate surface area is 145 Å². The first-order chi connectivity index (χ1) is 11.8. The van der Waals surface area contributed by atoms with Crippen molar-refractivity contribution in [3.8, 4) is 0 Å². The maximum atomic E-state index is 12.7. The predicted molar refractivity (Wildman–Crippen MR) is 94.2 cm³/mol. The van der Waals surface area contributed by atoms with E-state index in [2.05, 4.69) is 10.4 Å². The molecule has 0 aliphatic carbocycles. The first-order valence-corrected chi connectivity index (χ1v) is 9.77. The van der Waals surface area contributed by atoms with Crippen molar-refractivity contribution in [3.63, 3.8) is 0 Å². The Morgan fingerprint density at radius 2 is 2.04 bits per heavy atom. The molecule has 8 nitrogen and oxygen atoms in total. The molecular weight excluding hydrogens is 344 g/mol. The number of carbonyl (C=O) groups excluding carboxylic acids is 1. The molecule has 1 amide bonds. The van der Waals surface area contributed by atoms with Crippen LogP contribution in [0.5, 0.6) is 0 Å². The average molecular weight is 364 g/mol. The van der Waals surface area contributed by atoms with E-state index in [-0.39, 0.29) is 41.4 Å². The molecule has 0 bridgehead atoms. The van der Waals surface area contributed by atoms with Gasteiger partial charge in [-0.25, -0.2) is 13.1 Å². The lowest BCUT2D eigenvalue weighted by Gasteiger charge is -2.23. The number of benzene rings is 1. The second-order valence-corrected chi connectivity index (χ2v) is 8.46. The Kier molecular flexibility index (Phi) is 4.61. The summed E-state index contributed by atoms with van der Waals surface area (Å²) in [6.45, 7) is 0.119. The largest absolute Gasteiger partial charge is 0.354 e. The van der Waals surface area contributed by atoms with Crippen molar-refractivity contribution in [1.29, 1.82) is 0 Å². The summed E-state index contributed by atoms with van der Waals surface area (Å²) in [4.78, 5) is 26.6. The quantitative estimate of drug-likeness (QED) is 0.808. The average Bonchev–Trinajstić information content (AvgIpc) is 2.96. The topological polar surface area (TPSA) is 101 Å².